The summed E-state index contributed by atoms with van der Waals surface area (Å²) < 4.78 is 0.820. The van der Waals surface area contributed by atoms with E-state index >= 15 is 0 Å². The Labute approximate surface area is 156 Å². The molecule has 0 saturated carbocycles. The second-order valence-corrected chi connectivity index (χ2v) is 7.81. The predicted octanol–water partition coefficient (Wildman–Crippen LogP) is 2.67. The third-order valence-electron chi connectivity index (χ3n) is 5.40. The van der Waals surface area contributed by atoms with Crippen LogP contribution in [0.2, 0.25) is 0 Å². The molecule has 1 N–H and O–H groups in total. The van der Waals surface area contributed by atoms with Crippen molar-refractivity contribution in [3.63, 3.8) is 0 Å². The molecule has 5 rings (SSSR count). The minimum Gasteiger partial charge on any atom is -0.347 e. The van der Waals surface area contributed by atoms with Crippen LogP contribution in [0.4, 0.5) is 0 Å². The van der Waals surface area contributed by atoms with Crippen LogP contribution >= 0.6 is 15.9 Å². The van der Waals surface area contributed by atoms with Crippen molar-refractivity contribution in [1.82, 2.24) is 20.2 Å². The van der Waals surface area contributed by atoms with Gasteiger partial charge in [-0.25, -0.2) is 0 Å². The second kappa shape index (κ2) is 7.22. The van der Waals surface area contributed by atoms with Crippen molar-refractivity contribution in [2.45, 2.75) is 31.3 Å². The van der Waals surface area contributed by atoms with E-state index in [9.17, 15) is 4.79 Å². The van der Waals surface area contributed by atoms with Gasteiger partial charge >= 0.3 is 0 Å². The lowest BCUT2D eigenvalue weighted by molar-refractivity contribution is 0.0136. The van der Waals surface area contributed by atoms with Gasteiger partial charge in [0.15, 0.2) is 0 Å². The summed E-state index contributed by atoms with van der Waals surface area (Å²) in [6.45, 7) is 2.25. The summed E-state index contributed by atoms with van der Waals surface area (Å²) >= 11 is 3.39. The van der Waals surface area contributed by atoms with Crippen molar-refractivity contribution in [2.75, 3.05) is 13.1 Å². The Balaban J connectivity index is 1.54. The number of pyridine rings is 2. The topological polar surface area (TPSA) is 58.1 Å². The Morgan fingerprint density at radius 3 is 2.80 bits per heavy atom. The van der Waals surface area contributed by atoms with Crippen LogP contribution in [-0.2, 0) is 6.42 Å². The van der Waals surface area contributed by atoms with Gasteiger partial charge in [-0.15, -0.1) is 0 Å². The molecule has 3 aliphatic heterocycles. The van der Waals surface area contributed by atoms with E-state index in [1.54, 1.807) is 18.6 Å². The predicted molar refractivity (Wildman–Crippen MR) is 99.2 cm³/mol. The standard InChI is InChI=1S/C19H21BrN4O/c20-16-9-15(11-22-12-16)19(25)23-18-14-3-6-24(7-4-14)17(18)8-13-2-1-5-21-10-13/h1-2,5,9-12,14,17-18H,3-4,6-8H2,(H,23,25). The molecule has 5 nitrogen and oxygen atoms in total. The van der Waals surface area contributed by atoms with Gasteiger partial charge in [0, 0.05) is 41.3 Å². The Hall–Kier alpha value is -1.79. The van der Waals surface area contributed by atoms with E-state index in [2.05, 4.69) is 42.2 Å². The summed E-state index contributed by atoms with van der Waals surface area (Å²) in [6, 6.07) is 6.43. The average molecular weight is 401 g/mol. The van der Waals surface area contributed by atoms with Crippen LogP contribution in [-0.4, -0.2) is 45.9 Å². The first-order valence-electron chi connectivity index (χ1n) is 8.75. The number of aromatic nitrogens is 2. The van der Waals surface area contributed by atoms with Crippen LogP contribution in [0.15, 0.2) is 47.5 Å². The summed E-state index contributed by atoms with van der Waals surface area (Å²) in [5.41, 5.74) is 1.83. The van der Waals surface area contributed by atoms with Crippen molar-refractivity contribution in [2.24, 2.45) is 5.92 Å². The Bertz CT molecular complexity index is 746. The molecule has 0 radical (unpaired) electrons. The van der Waals surface area contributed by atoms with Gasteiger partial charge in [-0.1, -0.05) is 6.07 Å². The molecular weight excluding hydrogens is 380 g/mol. The molecule has 2 unspecified atom stereocenters. The Morgan fingerprint density at radius 1 is 1.24 bits per heavy atom. The number of carbonyl (C=O) groups excluding carboxylic acids is 1. The molecule has 0 spiro atoms. The lowest BCUT2D eigenvalue weighted by atomic mass is 9.76. The van der Waals surface area contributed by atoms with Gasteiger partial charge < -0.3 is 5.32 Å². The molecule has 1 amide bonds. The van der Waals surface area contributed by atoms with E-state index in [4.69, 9.17) is 0 Å². The average Bonchev–Trinajstić information content (AvgIpc) is 2.65. The Morgan fingerprint density at radius 2 is 2.08 bits per heavy atom. The number of halogens is 1. The van der Waals surface area contributed by atoms with Crippen LogP contribution in [0.5, 0.6) is 0 Å². The quantitative estimate of drug-likeness (QED) is 0.856. The molecule has 2 aromatic heterocycles. The molecule has 0 aliphatic carbocycles. The summed E-state index contributed by atoms with van der Waals surface area (Å²) in [6.07, 6.45) is 10.3. The summed E-state index contributed by atoms with van der Waals surface area (Å²) in [4.78, 5) is 23.6. The lowest BCUT2D eigenvalue weighted by Crippen LogP contribution is -2.64. The van der Waals surface area contributed by atoms with E-state index in [0.717, 1.165) is 36.8 Å². The third kappa shape index (κ3) is 3.60. The number of rotatable bonds is 4. The van der Waals surface area contributed by atoms with Gasteiger partial charge in [0.25, 0.3) is 5.91 Å². The van der Waals surface area contributed by atoms with Gasteiger partial charge in [0.05, 0.1) is 5.56 Å². The van der Waals surface area contributed by atoms with E-state index < -0.39 is 0 Å². The number of nitrogens with zero attached hydrogens (tertiary/aromatic N) is 3. The molecular formula is C19H21BrN4O. The monoisotopic (exact) mass is 400 g/mol. The molecule has 2 atom stereocenters. The van der Waals surface area contributed by atoms with E-state index in [1.807, 2.05) is 18.3 Å². The fourth-order valence-corrected chi connectivity index (χ4v) is 4.52. The molecule has 3 fully saturated rings. The first-order chi connectivity index (χ1) is 12.2. The molecule has 6 heteroatoms. The minimum atomic E-state index is -0.0382. The normalized spacial score (nSPS) is 27.9. The maximum absolute atomic E-state index is 12.7. The Kier molecular flexibility index (Phi) is 4.81. The van der Waals surface area contributed by atoms with Crippen LogP contribution < -0.4 is 5.32 Å². The van der Waals surface area contributed by atoms with Gasteiger partial charge in [-0.05, 0) is 71.9 Å². The molecule has 3 aliphatic rings. The number of hydrogen-bond donors (Lipinski definition) is 1. The number of fused-ring (bicyclic) bond motifs is 3. The van der Waals surface area contributed by atoms with Gasteiger partial charge in [-0.3, -0.25) is 19.7 Å². The number of piperidine rings is 3. The second-order valence-electron chi connectivity index (χ2n) is 6.90. The molecule has 3 saturated heterocycles. The van der Waals surface area contributed by atoms with Crippen LogP contribution in [0.25, 0.3) is 0 Å². The SMILES string of the molecule is O=C(NC1C2CCN(CC2)C1Cc1cccnc1)c1cncc(Br)c1. The van der Waals surface area contributed by atoms with E-state index in [0.29, 0.717) is 17.5 Å². The van der Waals surface area contributed by atoms with Crippen molar-refractivity contribution < 1.29 is 4.79 Å². The van der Waals surface area contributed by atoms with E-state index in [-0.39, 0.29) is 11.9 Å². The molecule has 130 valence electrons. The van der Waals surface area contributed by atoms with Crippen molar-refractivity contribution in [1.29, 1.82) is 0 Å². The van der Waals surface area contributed by atoms with Gasteiger partial charge in [0.2, 0.25) is 0 Å². The van der Waals surface area contributed by atoms with E-state index in [1.165, 1.54) is 5.56 Å². The van der Waals surface area contributed by atoms with Gasteiger partial charge in [-0.2, -0.15) is 0 Å². The highest BCUT2D eigenvalue weighted by molar-refractivity contribution is 9.10. The van der Waals surface area contributed by atoms with Crippen molar-refractivity contribution in [3.05, 3.63) is 58.6 Å². The maximum Gasteiger partial charge on any atom is 0.253 e. The molecule has 2 bridgehead atoms. The molecule has 2 aromatic rings. The zero-order valence-corrected chi connectivity index (χ0v) is 15.5. The number of hydrogen-bond acceptors (Lipinski definition) is 4. The summed E-state index contributed by atoms with van der Waals surface area (Å²) in [7, 11) is 0. The van der Waals surface area contributed by atoms with Crippen LogP contribution in [0.1, 0.15) is 28.8 Å². The van der Waals surface area contributed by atoms with Crippen molar-refractivity contribution >= 4 is 21.8 Å². The number of nitrogens with one attached hydrogen (secondary N) is 1. The summed E-state index contributed by atoms with van der Waals surface area (Å²) in [5, 5.41) is 3.30. The fourth-order valence-electron chi connectivity index (χ4n) is 4.15. The highest BCUT2D eigenvalue weighted by Gasteiger charge is 2.42. The molecule has 5 heterocycles. The highest BCUT2D eigenvalue weighted by atomic mass is 79.9. The number of amides is 1. The number of carbonyl (C=O) groups is 1. The van der Waals surface area contributed by atoms with Crippen LogP contribution in [0, 0.1) is 5.92 Å². The first kappa shape index (κ1) is 16.7. The highest BCUT2D eigenvalue weighted by Crippen LogP contribution is 2.34. The zero-order chi connectivity index (χ0) is 17.2. The van der Waals surface area contributed by atoms with Crippen molar-refractivity contribution in [3.8, 4) is 0 Å². The molecule has 0 aromatic carbocycles. The minimum absolute atomic E-state index is 0.0382. The van der Waals surface area contributed by atoms with Gasteiger partial charge in [0.1, 0.15) is 0 Å². The fraction of sp³-hybridized carbons (Fsp3) is 0.421. The molecule has 25 heavy (non-hydrogen) atoms. The zero-order valence-electron chi connectivity index (χ0n) is 13.9. The lowest BCUT2D eigenvalue weighted by Gasteiger charge is -2.51. The summed E-state index contributed by atoms with van der Waals surface area (Å²) in [5.74, 6) is 0.513. The van der Waals surface area contributed by atoms with Crippen LogP contribution in [0.3, 0.4) is 0 Å². The largest absolute Gasteiger partial charge is 0.347 e. The third-order valence-corrected chi connectivity index (χ3v) is 5.83. The smallest absolute Gasteiger partial charge is 0.253 e. The maximum atomic E-state index is 12.7. The first-order valence-corrected chi connectivity index (χ1v) is 9.54.